The van der Waals surface area contributed by atoms with E-state index in [0.717, 1.165) is 0 Å². The minimum Gasteiger partial charge on any atom is -0.458 e. The van der Waals surface area contributed by atoms with Gasteiger partial charge in [-0.2, -0.15) is 0 Å². The first-order valence-corrected chi connectivity index (χ1v) is 9.79. The lowest BCUT2D eigenvalue weighted by Gasteiger charge is -2.13. The molecule has 0 saturated carbocycles. The second kappa shape index (κ2) is 14.2. The monoisotopic (exact) mass is 458 g/mol. The SMILES string of the molecule is C=C(C)C(=O)OCC(C)OC(=O)C(=C)C.C=C(C)C(=O)Oc1ccc(OC(=O)C(=C)C)cc1. The Hall–Kier alpha value is -3.94. The topological polar surface area (TPSA) is 105 Å². The van der Waals surface area contributed by atoms with Crippen molar-refractivity contribution < 1.29 is 38.1 Å². The van der Waals surface area contributed by atoms with Gasteiger partial charge in [-0.05, 0) is 58.9 Å². The second-order valence-electron chi connectivity index (χ2n) is 7.19. The van der Waals surface area contributed by atoms with Crippen molar-refractivity contribution in [2.24, 2.45) is 0 Å². The van der Waals surface area contributed by atoms with Gasteiger partial charge in [0, 0.05) is 22.3 Å². The zero-order chi connectivity index (χ0) is 25.7. The highest BCUT2D eigenvalue weighted by atomic mass is 16.6. The van der Waals surface area contributed by atoms with Crippen molar-refractivity contribution in [2.75, 3.05) is 6.61 Å². The van der Waals surface area contributed by atoms with Crippen LogP contribution in [0.15, 0.2) is 72.9 Å². The van der Waals surface area contributed by atoms with Gasteiger partial charge in [0.15, 0.2) is 0 Å². The number of hydrogen-bond acceptors (Lipinski definition) is 8. The predicted molar refractivity (Wildman–Crippen MR) is 123 cm³/mol. The Bertz CT molecular complexity index is 891. The normalized spacial score (nSPS) is 10.3. The van der Waals surface area contributed by atoms with Gasteiger partial charge in [0.25, 0.3) is 0 Å². The Kier molecular flexibility index (Phi) is 12.5. The fraction of sp³-hybridized carbons (Fsp3) is 0.280. The highest BCUT2D eigenvalue weighted by Crippen LogP contribution is 2.19. The summed E-state index contributed by atoms with van der Waals surface area (Å²) in [6, 6.07) is 6.12. The van der Waals surface area contributed by atoms with Gasteiger partial charge in [0.2, 0.25) is 0 Å². The number of ether oxygens (including phenoxy) is 4. The van der Waals surface area contributed by atoms with Crippen LogP contribution in [0.5, 0.6) is 11.5 Å². The van der Waals surface area contributed by atoms with Crippen LogP contribution >= 0.6 is 0 Å². The van der Waals surface area contributed by atoms with Crippen molar-refractivity contribution in [3.05, 3.63) is 72.9 Å². The van der Waals surface area contributed by atoms with Crippen molar-refractivity contribution in [3.63, 3.8) is 0 Å². The standard InChI is InChI=1S/C14H14O4.C11H16O4/c1-9(2)13(15)17-11-5-7-12(8-6-11)18-14(16)10(3)4;1-7(2)10(12)14-6-9(5)15-11(13)8(3)4/h5-8H,1,3H2,2,4H3;9H,1,3,6H2,2,4-5H3. The van der Waals surface area contributed by atoms with Crippen LogP contribution < -0.4 is 9.47 Å². The lowest BCUT2D eigenvalue weighted by Crippen LogP contribution is -2.22. The zero-order valence-electron chi connectivity index (χ0n) is 19.7. The van der Waals surface area contributed by atoms with Crippen molar-refractivity contribution >= 4 is 23.9 Å². The van der Waals surface area contributed by atoms with Gasteiger partial charge in [-0.3, -0.25) is 0 Å². The molecule has 0 aliphatic carbocycles. The number of hydrogen-bond donors (Lipinski definition) is 0. The molecule has 178 valence electrons. The molecule has 8 nitrogen and oxygen atoms in total. The first-order valence-electron chi connectivity index (χ1n) is 9.79. The Morgan fingerprint density at radius 3 is 1.30 bits per heavy atom. The molecule has 0 bridgehead atoms. The highest BCUT2D eigenvalue weighted by molar-refractivity contribution is 5.89. The van der Waals surface area contributed by atoms with Crippen molar-refractivity contribution in [1.82, 2.24) is 0 Å². The molecule has 0 heterocycles. The molecule has 1 rings (SSSR count). The molecule has 0 fully saturated rings. The molecule has 0 spiro atoms. The molecular weight excluding hydrogens is 428 g/mol. The maximum absolute atomic E-state index is 11.2. The molecule has 0 saturated heterocycles. The first kappa shape index (κ1) is 29.1. The van der Waals surface area contributed by atoms with Crippen LogP contribution in [0.4, 0.5) is 0 Å². The summed E-state index contributed by atoms with van der Waals surface area (Å²) in [5.41, 5.74) is 1.25. The summed E-state index contributed by atoms with van der Waals surface area (Å²) in [7, 11) is 0. The van der Waals surface area contributed by atoms with Crippen LogP contribution in [-0.2, 0) is 28.7 Å². The molecule has 0 amide bonds. The van der Waals surface area contributed by atoms with Gasteiger partial charge in [-0.25, -0.2) is 19.2 Å². The van der Waals surface area contributed by atoms with E-state index >= 15 is 0 Å². The Morgan fingerprint density at radius 1 is 0.667 bits per heavy atom. The molecule has 1 aromatic carbocycles. The molecule has 0 radical (unpaired) electrons. The molecule has 0 N–H and O–H groups in total. The van der Waals surface area contributed by atoms with E-state index in [1.54, 1.807) is 34.6 Å². The third-order valence-corrected chi connectivity index (χ3v) is 3.40. The third kappa shape index (κ3) is 12.5. The Morgan fingerprint density at radius 2 is 1.00 bits per heavy atom. The summed E-state index contributed by atoms with van der Waals surface area (Å²) in [5.74, 6) is -1.26. The maximum Gasteiger partial charge on any atom is 0.338 e. The van der Waals surface area contributed by atoms with E-state index < -0.39 is 30.0 Å². The number of benzene rings is 1. The van der Waals surface area contributed by atoms with Crippen LogP contribution in [0.3, 0.4) is 0 Å². The summed E-state index contributed by atoms with van der Waals surface area (Å²) in [4.78, 5) is 44.5. The first-order chi connectivity index (χ1) is 15.2. The number of carbonyl (C=O) groups is 4. The van der Waals surface area contributed by atoms with E-state index in [1.165, 1.54) is 24.3 Å². The average molecular weight is 459 g/mol. The molecule has 0 aromatic heterocycles. The van der Waals surface area contributed by atoms with Gasteiger partial charge >= 0.3 is 23.9 Å². The van der Waals surface area contributed by atoms with Crippen molar-refractivity contribution in [3.8, 4) is 11.5 Å². The Labute approximate surface area is 194 Å². The summed E-state index contributed by atoms with van der Waals surface area (Å²) < 4.78 is 19.7. The molecule has 8 heteroatoms. The molecular formula is C25H30O8. The fourth-order valence-electron chi connectivity index (χ4n) is 1.60. The van der Waals surface area contributed by atoms with Crippen LogP contribution in [0, 0.1) is 0 Å². The molecule has 0 aliphatic rings. The number of esters is 4. The zero-order valence-corrected chi connectivity index (χ0v) is 19.7. The quantitative estimate of drug-likeness (QED) is 0.307. The van der Waals surface area contributed by atoms with Crippen molar-refractivity contribution in [1.29, 1.82) is 0 Å². The highest BCUT2D eigenvalue weighted by Gasteiger charge is 2.12. The third-order valence-electron chi connectivity index (χ3n) is 3.40. The van der Waals surface area contributed by atoms with Gasteiger partial charge in [-0.1, -0.05) is 26.3 Å². The number of rotatable bonds is 9. The second-order valence-corrected chi connectivity index (χ2v) is 7.19. The van der Waals surface area contributed by atoms with Gasteiger partial charge in [0.1, 0.15) is 24.2 Å². The summed E-state index contributed by atoms with van der Waals surface area (Å²) in [5, 5.41) is 0. The molecule has 33 heavy (non-hydrogen) atoms. The van der Waals surface area contributed by atoms with E-state index in [9.17, 15) is 19.2 Å². The average Bonchev–Trinajstić information content (AvgIpc) is 2.73. The van der Waals surface area contributed by atoms with Gasteiger partial charge < -0.3 is 18.9 Å². The van der Waals surface area contributed by atoms with E-state index in [4.69, 9.17) is 18.9 Å². The van der Waals surface area contributed by atoms with Gasteiger partial charge in [0.05, 0.1) is 0 Å². The minimum atomic E-state index is -0.498. The maximum atomic E-state index is 11.2. The van der Waals surface area contributed by atoms with E-state index in [2.05, 4.69) is 26.3 Å². The molecule has 1 atom stereocenters. The smallest absolute Gasteiger partial charge is 0.338 e. The summed E-state index contributed by atoms with van der Waals surface area (Å²) in [6.45, 7) is 21.7. The van der Waals surface area contributed by atoms with Crippen LogP contribution in [0.1, 0.15) is 34.6 Å². The molecule has 1 aromatic rings. The summed E-state index contributed by atoms with van der Waals surface area (Å²) in [6.07, 6.45) is -0.488. The Balaban J connectivity index is 0.000000633. The van der Waals surface area contributed by atoms with E-state index in [1.807, 2.05) is 0 Å². The summed E-state index contributed by atoms with van der Waals surface area (Å²) >= 11 is 0. The predicted octanol–water partition coefficient (Wildman–Crippen LogP) is 4.26. The number of carbonyl (C=O) groups excluding carboxylic acids is 4. The molecule has 0 aliphatic heterocycles. The van der Waals surface area contributed by atoms with Crippen molar-refractivity contribution in [2.45, 2.75) is 40.7 Å². The fourth-order valence-corrected chi connectivity index (χ4v) is 1.60. The van der Waals surface area contributed by atoms with E-state index in [0.29, 0.717) is 33.8 Å². The van der Waals surface area contributed by atoms with Crippen LogP contribution in [0.2, 0.25) is 0 Å². The minimum absolute atomic E-state index is 0.0186. The van der Waals surface area contributed by atoms with Crippen LogP contribution in [-0.4, -0.2) is 36.6 Å². The molecule has 1 unspecified atom stereocenters. The van der Waals surface area contributed by atoms with Gasteiger partial charge in [-0.15, -0.1) is 0 Å². The lowest BCUT2D eigenvalue weighted by atomic mass is 10.3. The van der Waals surface area contributed by atoms with E-state index in [-0.39, 0.29) is 6.61 Å². The largest absolute Gasteiger partial charge is 0.458 e. The van der Waals surface area contributed by atoms with Crippen LogP contribution in [0.25, 0.3) is 0 Å². The lowest BCUT2D eigenvalue weighted by molar-refractivity contribution is -0.152.